The zero-order chi connectivity index (χ0) is 43.9. The highest BCUT2D eigenvalue weighted by Crippen LogP contribution is 2.52. The van der Waals surface area contributed by atoms with Crippen molar-refractivity contribution in [1.29, 1.82) is 0 Å². The van der Waals surface area contributed by atoms with Crippen molar-refractivity contribution in [2.24, 2.45) is 11.8 Å². The van der Waals surface area contributed by atoms with E-state index in [0.717, 1.165) is 73.3 Å². The van der Waals surface area contributed by atoms with Crippen LogP contribution in [0.2, 0.25) is 0 Å². The van der Waals surface area contributed by atoms with E-state index in [-0.39, 0.29) is 11.1 Å². The van der Waals surface area contributed by atoms with E-state index in [2.05, 4.69) is 169 Å². The Bertz CT molecular complexity index is 3590. The fourth-order valence-corrected chi connectivity index (χ4v) is 12.4. The number of rotatable bonds is 7. The normalized spacial score (nSPS) is 18.9. The number of aromatic nitrogens is 2. The first-order valence-corrected chi connectivity index (χ1v) is 23.8. The standard InChI is InChI=1S/C61H49N3O2/c65-60-54-32-28-45(44-27-31-51-47-23-21-39(34-47)33-40-22-24-48(35-40)56(51)37-44)38-58(54)63-59-53(18-10-19-55(59)61(66)64(60)63)46-15-9-16-50(36-46)62(49-29-25-42(26-30-49)41-11-3-1-4-12-41)57-20-8-7-17-52(57)43-13-5-2-6-14-43/h1-20,25-32,36-40,47-48H,21-24,33-35H2. The number of nitrogens with zero attached hydrogens (tertiary/aromatic N) is 3. The molecule has 0 radical (unpaired) electrons. The summed E-state index contributed by atoms with van der Waals surface area (Å²) in [6.07, 6.45) is 9.36. The van der Waals surface area contributed by atoms with Gasteiger partial charge in [0.1, 0.15) is 0 Å². The fraction of sp³-hybridized carbons (Fsp3) is 0.180. The summed E-state index contributed by atoms with van der Waals surface area (Å²) in [5.41, 5.74) is 15.7. The summed E-state index contributed by atoms with van der Waals surface area (Å²) in [5.74, 6) is 3.02. The molecular formula is C61H49N3O2. The molecule has 0 aliphatic heterocycles. The predicted octanol–water partition coefficient (Wildman–Crippen LogP) is 14.8. The lowest BCUT2D eigenvalue weighted by molar-refractivity contribution is 0.378. The summed E-state index contributed by atoms with van der Waals surface area (Å²) in [6.45, 7) is 0. The van der Waals surface area contributed by atoms with E-state index in [1.165, 1.54) is 60.6 Å². The van der Waals surface area contributed by atoms with Crippen molar-refractivity contribution in [3.05, 3.63) is 220 Å². The van der Waals surface area contributed by atoms with E-state index in [0.29, 0.717) is 22.6 Å². The monoisotopic (exact) mass is 855 g/mol. The maximum Gasteiger partial charge on any atom is 0.282 e. The lowest BCUT2D eigenvalue weighted by Gasteiger charge is -2.28. The van der Waals surface area contributed by atoms with Crippen molar-refractivity contribution in [1.82, 2.24) is 9.03 Å². The van der Waals surface area contributed by atoms with Crippen LogP contribution in [0.1, 0.15) is 67.9 Å². The van der Waals surface area contributed by atoms with Crippen LogP contribution in [0.5, 0.6) is 0 Å². The number of hydrogen-bond acceptors (Lipinski definition) is 3. The third-order valence-corrected chi connectivity index (χ3v) is 15.4. The van der Waals surface area contributed by atoms with Crippen LogP contribution in [0.4, 0.5) is 17.1 Å². The Labute approximate surface area is 384 Å². The first kappa shape index (κ1) is 38.9. The van der Waals surface area contributed by atoms with Crippen LogP contribution in [0.25, 0.3) is 66.3 Å². The van der Waals surface area contributed by atoms with Gasteiger partial charge in [-0.25, -0.2) is 4.52 Å². The van der Waals surface area contributed by atoms with Gasteiger partial charge in [0.2, 0.25) is 0 Å². The maximum absolute atomic E-state index is 14.4. The minimum absolute atomic E-state index is 0.290. The molecule has 5 nitrogen and oxygen atoms in total. The minimum Gasteiger partial charge on any atom is -0.310 e. The average molecular weight is 856 g/mol. The van der Waals surface area contributed by atoms with Gasteiger partial charge in [0.25, 0.3) is 11.1 Å². The van der Waals surface area contributed by atoms with Crippen LogP contribution < -0.4 is 16.0 Å². The van der Waals surface area contributed by atoms with Crippen molar-refractivity contribution in [2.45, 2.75) is 56.8 Å². The summed E-state index contributed by atoms with van der Waals surface area (Å²) in [4.78, 5) is 31.0. The Morgan fingerprint density at radius 1 is 0.394 bits per heavy atom. The molecule has 0 spiro atoms. The first-order valence-electron chi connectivity index (χ1n) is 23.8. The molecule has 2 heterocycles. The molecular weight excluding hydrogens is 807 g/mol. The third-order valence-electron chi connectivity index (χ3n) is 15.4. The van der Waals surface area contributed by atoms with Gasteiger partial charge in [0.05, 0.1) is 27.5 Å². The molecule has 3 aliphatic carbocycles. The van der Waals surface area contributed by atoms with E-state index in [1.807, 2.05) is 28.8 Å². The molecule has 66 heavy (non-hydrogen) atoms. The zero-order valence-corrected chi connectivity index (χ0v) is 36.8. The molecule has 3 aliphatic rings. The van der Waals surface area contributed by atoms with Crippen molar-refractivity contribution < 1.29 is 0 Å². The van der Waals surface area contributed by atoms with Crippen LogP contribution in [0, 0.1) is 11.8 Å². The van der Waals surface area contributed by atoms with Gasteiger partial charge < -0.3 is 4.90 Å². The lowest BCUT2D eigenvalue weighted by Crippen LogP contribution is -2.21. The molecule has 4 unspecified atom stereocenters. The first-order chi connectivity index (χ1) is 32.5. The fourth-order valence-electron chi connectivity index (χ4n) is 12.4. The second-order valence-electron chi connectivity index (χ2n) is 19.2. The Hall–Kier alpha value is -7.50. The van der Waals surface area contributed by atoms with Gasteiger partial charge in [-0.05, 0) is 162 Å². The van der Waals surface area contributed by atoms with Crippen LogP contribution in [0.3, 0.4) is 0 Å². The van der Waals surface area contributed by atoms with Gasteiger partial charge in [0, 0.05) is 22.5 Å². The van der Waals surface area contributed by atoms with Crippen molar-refractivity contribution in [2.75, 3.05) is 4.90 Å². The van der Waals surface area contributed by atoms with Gasteiger partial charge >= 0.3 is 0 Å². The molecule has 2 fully saturated rings. The molecule has 10 aromatic rings. The summed E-state index contributed by atoms with van der Waals surface area (Å²) in [6, 6.07) is 66.1. The van der Waals surface area contributed by atoms with E-state index in [9.17, 15) is 9.59 Å². The molecule has 320 valence electrons. The van der Waals surface area contributed by atoms with E-state index in [1.54, 1.807) is 11.1 Å². The smallest absolute Gasteiger partial charge is 0.282 e. The van der Waals surface area contributed by atoms with Gasteiger partial charge in [-0.15, -0.1) is 0 Å². The second-order valence-corrected chi connectivity index (χ2v) is 19.2. The highest BCUT2D eigenvalue weighted by Gasteiger charge is 2.37. The van der Waals surface area contributed by atoms with E-state index in [4.69, 9.17) is 0 Å². The molecule has 2 saturated carbocycles. The Morgan fingerprint density at radius 2 is 1.00 bits per heavy atom. The second kappa shape index (κ2) is 15.6. The molecule has 0 amide bonds. The van der Waals surface area contributed by atoms with Gasteiger partial charge in [-0.2, -0.15) is 4.52 Å². The molecule has 13 rings (SSSR count). The largest absolute Gasteiger partial charge is 0.310 e. The van der Waals surface area contributed by atoms with Crippen LogP contribution >= 0.6 is 0 Å². The van der Waals surface area contributed by atoms with Crippen molar-refractivity contribution >= 4 is 38.9 Å². The quantitative estimate of drug-likeness (QED) is 0.160. The van der Waals surface area contributed by atoms with Crippen LogP contribution in [-0.2, 0) is 0 Å². The average Bonchev–Trinajstić information content (AvgIpc) is 4.18. The predicted molar refractivity (Wildman–Crippen MR) is 271 cm³/mol. The minimum atomic E-state index is -0.300. The van der Waals surface area contributed by atoms with Crippen LogP contribution in [-0.4, -0.2) is 9.03 Å². The molecule has 0 N–H and O–H groups in total. The topological polar surface area (TPSA) is 46.2 Å². The number of para-hydroxylation sites is 2. The highest BCUT2D eigenvalue weighted by atomic mass is 16.2. The summed E-state index contributed by atoms with van der Waals surface area (Å²) >= 11 is 0. The molecule has 5 heteroatoms. The van der Waals surface area contributed by atoms with E-state index >= 15 is 0 Å². The highest BCUT2D eigenvalue weighted by molar-refractivity contribution is 5.99. The molecule has 0 saturated heterocycles. The maximum atomic E-state index is 14.4. The number of hydrogen-bond donors (Lipinski definition) is 0. The Balaban J connectivity index is 0.965. The van der Waals surface area contributed by atoms with Gasteiger partial charge in [0.15, 0.2) is 0 Å². The zero-order valence-electron chi connectivity index (χ0n) is 36.8. The van der Waals surface area contributed by atoms with Crippen molar-refractivity contribution in [3.63, 3.8) is 0 Å². The lowest BCUT2D eigenvalue weighted by atomic mass is 9.84. The SMILES string of the molecule is O=c1c2ccc(-c3ccc4c(c3)C3CCC(CC5CCC4C5)C3)cc2n2c3c(-c4cccc(N(c5ccc(-c6ccccc6)cc5)c5ccccc5-c5ccccc5)c4)cccc3c(=O)n12. The molecule has 2 aromatic heterocycles. The number of fused-ring (bicyclic) bond motifs is 12. The Kier molecular flexibility index (Phi) is 9.19. The summed E-state index contributed by atoms with van der Waals surface area (Å²) < 4.78 is 3.24. The summed E-state index contributed by atoms with van der Waals surface area (Å²) in [5, 5.41) is 1.07. The Morgan fingerprint density at radius 3 is 1.79 bits per heavy atom. The number of anilines is 3. The molecule has 4 atom stereocenters. The van der Waals surface area contributed by atoms with Crippen LogP contribution in [0.15, 0.2) is 198 Å². The summed E-state index contributed by atoms with van der Waals surface area (Å²) in [7, 11) is 0. The number of benzene rings is 8. The van der Waals surface area contributed by atoms with Crippen molar-refractivity contribution in [3.8, 4) is 44.5 Å². The third kappa shape index (κ3) is 6.35. The van der Waals surface area contributed by atoms with Gasteiger partial charge in [-0.3, -0.25) is 9.59 Å². The molecule has 8 aromatic carbocycles. The van der Waals surface area contributed by atoms with Gasteiger partial charge in [-0.1, -0.05) is 140 Å². The molecule has 4 bridgehead atoms. The van der Waals surface area contributed by atoms with E-state index < -0.39 is 0 Å².